The van der Waals surface area contributed by atoms with E-state index in [1.54, 1.807) is 4.90 Å². The van der Waals surface area contributed by atoms with Gasteiger partial charge in [-0.15, -0.1) is 6.42 Å². The standard InChI is InChI=1S/C25H22F4N4O3/c1-3-15-17(26)4-5-18(23(15)27)32-24-16-8-21(20(34-2)9-19(16)30-13-31-24)36-22-6-7-33(12-25(22,28)29)14-10-35-11-14/h1,4-5,8-9,13-14,22H,6-7,10-12H2,2H3,(H,30,31,32)/t22-/m0/s1/i2D3. The molecule has 2 aliphatic heterocycles. The first-order chi connectivity index (χ1) is 18.4. The Bertz CT molecular complexity index is 1450. The van der Waals surface area contributed by atoms with Crippen LogP contribution in [-0.2, 0) is 4.74 Å². The molecule has 1 atom stereocenters. The van der Waals surface area contributed by atoms with E-state index >= 15 is 8.78 Å². The number of anilines is 2. The van der Waals surface area contributed by atoms with Crippen LogP contribution in [0, 0.1) is 24.0 Å². The Hall–Kier alpha value is -3.62. The number of piperidine rings is 1. The van der Waals surface area contributed by atoms with Crippen LogP contribution in [0.4, 0.5) is 29.1 Å². The van der Waals surface area contributed by atoms with Crippen molar-refractivity contribution >= 4 is 22.4 Å². The number of benzene rings is 2. The Labute approximate surface area is 208 Å². The molecule has 3 aromatic rings. The minimum atomic E-state index is -3.27. The number of ether oxygens (including phenoxy) is 3. The van der Waals surface area contributed by atoms with Gasteiger partial charge >= 0.3 is 0 Å². The number of hydrogen-bond donors (Lipinski definition) is 1. The van der Waals surface area contributed by atoms with Crippen molar-refractivity contribution in [2.75, 3.05) is 38.7 Å². The predicted octanol–water partition coefficient (Wildman–Crippen LogP) is 4.13. The van der Waals surface area contributed by atoms with Gasteiger partial charge in [0.1, 0.15) is 18.0 Å². The van der Waals surface area contributed by atoms with Crippen LogP contribution in [0.3, 0.4) is 0 Å². The van der Waals surface area contributed by atoms with Crippen molar-refractivity contribution in [3.63, 3.8) is 0 Å². The second-order valence-electron chi connectivity index (χ2n) is 8.51. The first kappa shape index (κ1) is 20.6. The molecular weight excluding hydrogens is 480 g/mol. The van der Waals surface area contributed by atoms with Gasteiger partial charge in [0.15, 0.2) is 23.4 Å². The lowest BCUT2D eigenvalue weighted by molar-refractivity contribution is -0.170. The molecule has 3 heterocycles. The average molecular weight is 505 g/mol. The molecular formula is C25H22F4N4O3. The van der Waals surface area contributed by atoms with Gasteiger partial charge in [-0.25, -0.2) is 27.5 Å². The molecule has 0 bridgehead atoms. The predicted molar refractivity (Wildman–Crippen MR) is 124 cm³/mol. The van der Waals surface area contributed by atoms with Crippen LogP contribution in [0.5, 0.6) is 11.5 Å². The molecule has 1 aromatic heterocycles. The molecule has 1 N–H and O–H groups in total. The van der Waals surface area contributed by atoms with E-state index in [1.165, 1.54) is 12.1 Å². The number of rotatable bonds is 6. The van der Waals surface area contributed by atoms with Crippen molar-refractivity contribution in [2.24, 2.45) is 0 Å². The summed E-state index contributed by atoms with van der Waals surface area (Å²) >= 11 is 0. The van der Waals surface area contributed by atoms with Gasteiger partial charge in [0, 0.05) is 24.4 Å². The summed E-state index contributed by atoms with van der Waals surface area (Å²) in [5.41, 5.74) is -0.642. The second-order valence-corrected chi connectivity index (χ2v) is 8.51. The van der Waals surface area contributed by atoms with Gasteiger partial charge < -0.3 is 19.5 Å². The van der Waals surface area contributed by atoms with Gasteiger partial charge in [-0.05, 0) is 18.2 Å². The lowest BCUT2D eigenvalue weighted by Gasteiger charge is -2.44. The molecule has 0 saturated carbocycles. The van der Waals surface area contributed by atoms with E-state index in [2.05, 4.69) is 15.3 Å². The van der Waals surface area contributed by atoms with Crippen LogP contribution < -0.4 is 14.8 Å². The Morgan fingerprint density at radius 1 is 1.25 bits per heavy atom. The third-order valence-electron chi connectivity index (χ3n) is 6.27. The molecule has 2 aliphatic rings. The number of fused-ring (bicyclic) bond motifs is 1. The third-order valence-corrected chi connectivity index (χ3v) is 6.27. The van der Waals surface area contributed by atoms with Crippen molar-refractivity contribution in [1.82, 2.24) is 14.9 Å². The van der Waals surface area contributed by atoms with Gasteiger partial charge in [0.25, 0.3) is 5.92 Å². The number of halogens is 4. The maximum absolute atomic E-state index is 15.1. The lowest BCUT2D eigenvalue weighted by atomic mass is 10.0. The number of terminal acetylenes is 1. The molecule has 5 rings (SSSR count). The van der Waals surface area contributed by atoms with Crippen LogP contribution in [0.15, 0.2) is 30.6 Å². The summed E-state index contributed by atoms with van der Waals surface area (Å²) in [4.78, 5) is 9.80. The van der Waals surface area contributed by atoms with Gasteiger partial charge in [-0.3, -0.25) is 4.90 Å². The Morgan fingerprint density at radius 2 is 2.08 bits per heavy atom. The largest absolute Gasteiger partial charge is 0.493 e. The van der Waals surface area contributed by atoms with E-state index in [0.717, 1.165) is 18.5 Å². The first-order valence-corrected chi connectivity index (χ1v) is 11.0. The highest BCUT2D eigenvalue weighted by molar-refractivity contribution is 5.93. The minimum absolute atomic E-state index is 0.00493. The fraction of sp³-hybridized carbons (Fsp3) is 0.360. The van der Waals surface area contributed by atoms with Crippen LogP contribution in [0.2, 0.25) is 0 Å². The zero-order chi connectivity index (χ0) is 27.9. The Morgan fingerprint density at radius 3 is 2.78 bits per heavy atom. The fourth-order valence-electron chi connectivity index (χ4n) is 4.23. The zero-order valence-electron chi connectivity index (χ0n) is 21.7. The van der Waals surface area contributed by atoms with Gasteiger partial charge in [0.05, 0.1) is 53.7 Å². The molecule has 0 spiro atoms. The van der Waals surface area contributed by atoms with Crippen LogP contribution in [0.1, 0.15) is 16.1 Å². The van der Waals surface area contributed by atoms with E-state index in [4.69, 9.17) is 24.7 Å². The number of alkyl halides is 2. The number of aromatic nitrogens is 2. The molecule has 0 aliphatic carbocycles. The fourth-order valence-corrected chi connectivity index (χ4v) is 4.23. The van der Waals surface area contributed by atoms with E-state index in [1.807, 2.05) is 5.92 Å². The van der Waals surface area contributed by atoms with Crippen LogP contribution in [0.25, 0.3) is 10.9 Å². The van der Waals surface area contributed by atoms with Crippen LogP contribution in [-0.4, -0.2) is 66.3 Å². The molecule has 2 saturated heterocycles. The maximum Gasteiger partial charge on any atom is 0.296 e. The minimum Gasteiger partial charge on any atom is -0.493 e. The summed E-state index contributed by atoms with van der Waals surface area (Å²) in [6, 6.07) is 4.45. The summed E-state index contributed by atoms with van der Waals surface area (Å²) in [5.74, 6) is -3.90. The average Bonchev–Trinajstić information content (AvgIpc) is 2.81. The highest BCUT2D eigenvalue weighted by Crippen LogP contribution is 2.39. The molecule has 2 fully saturated rings. The van der Waals surface area contributed by atoms with E-state index in [0.29, 0.717) is 19.8 Å². The first-order valence-electron chi connectivity index (χ1n) is 12.5. The van der Waals surface area contributed by atoms with Crippen molar-refractivity contribution in [2.45, 2.75) is 24.5 Å². The molecule has 0 unspecified atom stereocenters. The summed E-state index contributed by atoms with van der Waals surface area (Å²) in [7, 11) is -2.92. The Kier molecular flexibility index (Phi) is 5.39. The monoisotopic (exact) mass is 505 g/mol. The number of methoxy groups -OCH3 is 1. The molecule has 0 amide bonds. The van der Waals surface area contributed by atoms with Gasteiger partial charge in [-0.2, -0.15) is 0 Å². The normalized spacial score (nSPS) is 21.5. The summed E-state index contributed by atoms with van der Waals surface area (Å²) in [6.45, 7) is 0.548. The zero-order valence-corrected chi connectivity index (χ0v) is 18.7. The summed E-state index contributed by atoms with van der Waals surface area (Å²) < 4.78 is 97.3. The third kappa shape index (κ3) is 4.38. The second kappa shape index (κ2) is 9.44. The number of nitrogens with zero attached hydrogens (tertiary/aromatic N) is 3. The lowest BCUT2D eigenvalue weighted by Crippen LogP contribution is -2.60. The van der Waals surface area contributed by atoms with E-state index in [9.17, 15) is 8.78 Å². The summed E-state index contributed by atoms with van der Waals surface area (Å²) in [5, 5.41) is 2.87. The molecule has 7 nitrogen and oxygen atoms in total. The molecule has 36 heavy (non-hydrogen) atoms. The highest BCUT2D eigenvalue weighted by atomic mass is 19.3. The highest BCUT2D eigenvalue weighted by Gasteiger charge is 2.48. The van der Waals surface area contributed by atoms with Crippen molar-refractivity contribution in [1.29, 1.82) is 0 Å². The number of hydrogen-bond acceptors (Lipinski definition) is 7. The molecule has 11 heteroatoms. The van der Waals surface area contributed by atoms with E-state index in [-0.39, 0.29) is 46.4 Å². The molecule has 0 radical (unpaired) electrons. The smallest absolute Gasteiger partial charge is 0.296 e. The number of nitrogens with one attached hydrogen (secondary N) is 1. The summed E-state index contributed by atoms with van der Waals surface area (Å²) in [6.07, 6.45) is 4.70. The number of likely N-dealkylation sites (tertiary alicyclic amines) is 1. The maximum atomic E-state index is 15.1. The Balaban J connectivity index is 1.51. The van der Waals surface area contributed by atoms with Crippen molar-refractivity contribution in [3.8, 4) is 23.8 Å². The van der Waals surface area contributed by atoms with E-state index < -0.39 is 42.8 Å². The topological polar surface area (TPSA) is 68.7 Å². The van der Waals surface area contributed by atoms with Crippen molar-refractivity contribution < 1.29 is 35.9 Å². The molecule has 2 aromatic carbocycles. The van der Waals surface area contributed by atoms with Gasteiger partial charge in [0.2, 0.25) is 0 Å². The van der Waals surface area contributed by atoms with Gasteiger partial charge in [-0.1, -0.05) is 5.92 Å². The SMILES string of the molecule is [2H]C([2H])([2H])Oc1cc2ncnc(Nc3ccc(F)c(C#C)c3F)c2cc1O[C@H]1CCN(C2COC2)CC1(F)F. The van der Waals surface area contributed by atoms with Crippen molar-refractivity contribution in [3.05, 3.63) is 47.8 Å². The molecule has 188 valence electrons. The quantitative estimate of drug-likeness (QED) is 0.399. The van der Waals surface area contributed by atoms with Crippen LogP contribution >= 0.6 is 0 Å².